The Morgan fingerprint density at radius 2 is 2.14 bits per heavy atom. The van der Waals surface area contributed by atoms with Gasteiger partial charge in [-0.15, -0.1) is 11.3 Å². The topological polar surface area (TPSA) is 78.1 Å². The fourth-order valence-electron chi connectivity index (χ4n) is 3.45. The summed E-state index contributed by atoms with van der Waals surface area (Å²) in [6, 6.07) is 11.8. The number of aromatic amines is 1. The predicted octanol–water partition coefficient (Wildman–Crippen LogP) is 3.16. The lowest BCUT2D eigenvalue weighted by atomic mass is 10.1. The van der Waals surface area contributed by atoms with Crippen LogP contribution >= 0.6 is 11.3 Å². The van der Waals surface area contributed by atoms with Gasteiger partial charge >= 0.3 is 0 Å². The van der Waals surface area contributed by atoms with Gasteiger partial charge in [0.25, 0.3) is 0 Å². The van der Waals surface area contributed by atoms with E-state index in [9.17, 15) is 9.59 Å². The molecule has 2 aromatic heterocycles. The summed E-state index contributed by atoms with van der Waals surface area (Å²) in [7, 11) is 0. The van der Waals surface area contributed by atoms with Gasteiger partial charge in [-0.2, -0.15) is 0 Å². The van der Waals surface area contributed by atoms with E-state index < -0.39 is 0 Å². The average molecular weight is 395 g/mol. The standard InChI is InChI=1S/C21H22N4O2S/c1-14-4-6-16(7-5-14)25-12-15(11-19(25)26)21(27)22-9-8-17-20(24-13-23-17)18-3-2-10-28-18/h2-7,10,13,15H,8-9,11-12H2,1H3,(H,22,27)(H,23,24). The van der Waals surface area contributed by atoms with Gasteiger partial charge in [0.1, 0.15) is 5.69 Å². The highest BCUT2D eigenvalue weighted by atomic mass is 32.1. The largest absolute Gasteiger partial charge is 0.355 e. The van der Waals surface area contributed by atoms with Crippen molar-refractivity contribution < 1.29 is 9.59 Å². The molecule has 1 aromatic carbocycles. The van der Waals surface area contributed by atoms with Gasteiger partial charge in [0.05, 0.1) is 17.1 Å². The molecule has 7 heteroatoms. The van der Waals surface area contributed by atoms with Crippen molar-refractivity contribution in [2.24, 2.45) is 5.92 Å². The molecule has 3 heterocycles. The fourth-order valence-corrected chi connectivity index (χ4v) is 4.20. The Morgan fingerprint density at radius 3 is 2.89 bits per heavy atom. The van der Waals surface area contributed by atoms with E-state index in [1.807, 2.05) is 48.7 Å². The van der Waals surface area contributed by atoms with E-state index in [1.165, 1.54) is 0 Å². The number of amides is 2. The third-order valence-corrected chi connectivity index (χ3v) is 5.87. The number of rotatable bonds is 6. The van der Waals surface area contributed by atoms with Crippen molar-refractivity contribution in [2.45, 2.75) is 19.8 Å². The molecule has 28 heavy (non-hydrogen) atoms. The summed E-state index contributed by atoms with van der Waals surface area (Å²) in [6.07, 6.45) is 2.60. The second kappa shape index (κ2) is 7.98. The van der Waals surface area contributed by atoms with E-state index >= 15 is 0 Å². The monoisotopic (exact) mass is 394 g/mol. The Labute approximate surface area is 167 Å². The molecule has 0 radical (unpaired) electrons. The van der Waals surface area contributed by atoms with Gasteiger partial charge < -0.3 is 15.2 Å². The van der Waals surface area contributed by atoms with Gasteiger partial charge in [-0.3, -0.25) is 9.59 Å². The van der Waals surface area contributed by atoms with Crippen molar-refractivity contribution in [1.29, 1.82) is 0 Å². The number of hydrogen-bond acceptors (Lipinski definition) is 4. The summed E-state index contributed by atoms with van der Waals surface area (Å²) in [4.78, 5) is 35.2. The van der Waals surface area contributed by atoms with Crippen LogP contribution in [0.2, 0.25) is 0 Å². The number of nitrogens with one attached hydrogen (secondary N) is 2. The van der Waals surface area contributed by atoms with Gasteiger partial charge in [-0.05, 0) is 30.5 Å². The van der Waals surface area contributed by atoms with Crippen molar-refractivity contribution in [1.82, 2.24) is 15.3 Å². The first kappa shape index (κ1) is 18.4. The van der Waals surface area contributed by atoms with Crippen LogP contribution in [0.1, 0.15) is 17.7 Å². The van der Waals surface area contributed by atoms with Crippen molar-refractivity contribution in [3.05, 3.63) is 59.4 Å². The molecule has 0 aliphatic carbocycles. The summed E-state index contributed by atoms with van der Waals surface area (Å²) in [5.41, 5.74) is 3.94. The Kier molecular flexibility index (Phi) is 5.25. The van der Waals surface area contributed by atoms with Gasteiger partial charge in [0.15, 0.2) is 0 Å². The van der Waals surface area contributed by atoms with Crippen LogP contribution in [0.4, 0.5) is 5.69 Å². The maximum Gasteiger partial charge on any atom is 0.227 e. The third kappa shape index (κ3) is 3.84. The van der Waals surface area contributed by atoms with Crippen LogP contribution in [0.5, 0.6) is 0 Å². The summed E-state index contributed by atoms with van der Waals surface area (Å²) in [6.45, 7) is 2.95. The predicted molar refractivity (Wildman–Crippen MR) is 110 cm³/mol. The zero-order valence-corrected chi connectivity index (χ0v) is 16.5. The zero-order valence-electron chi connectivity index (χ0n) is 15.6. The molecular weight excluding hydrogens is 372 g/mol. The lowest BCUT2D eigenvalue weighted by Gasteiger charge is -2.17. The fraction of sp³-hybridized carbons (Fsp3) is 0.286. The van der Waals surface area contributed by atoms with Gasteiger partial charge in [-0.1, -0.05) is 23.8 Å². The first-order chi connectivity index (χ1) is 13.6. The maximum absolute atomic E-state index is 12.6. The molecule has 1 atom stereocenters. The lowest BCUT2D eigenvalue weighted by molar-refractivity contribution is -0.126. The van der Waals surface area contributed by atoms with Gasteiger partial charge in [0, 0.05) is 37.3 Å². The average Bonchev–Trinajstić information content (AvgIpc) is 3.42. The molecule has 2 amide bonds. The lowest BCUT2D eigenvalue weighted by Crippen LogP contribution is -2.34. The highest BCUT2D eigenvalue weighted by Crippen LogP contribution is 2.26. The Balaban J connectivity index is 1.32. The van der Waals surface area contributed by atoms with E-state index in [2.05, 4.69) is 15.3 Å². The number of benzene rings is 1. The van der Waals surface area contributed by atoms with E-state index in [0.29, 0.717) is 19.5 Å². The summed E-state index contributed by atoms with van der Waals surface area (Å²) in [5.74, 6) is -0.384. The molecule has 0 bridgehead atoms. The molecular formula is C21H22N4O2S. The van der Waals surface area contributed by atoms with Crippen LogP contribution in [-0.2, 0) is 16.0 Å². The van der Waals surface area contributed by atoms with E-state index in [4.69, 9.17) is 0 Å². The Hall–Kier alpha value is -2.93. The maximum atomic E-state index is 12.6. The van der Waals surface area contributed by atoms with Crippen LogP contribution in [0.15, 0.2) is 48.1 Å². The normalized spacial score (nSPS) is 16.5. The number of nitrogens with zero attached hydrogens (tertiary/aromatic N) is 2. The highest BCUT2D eigenvalue weighted by molar-refractivity contribution is 7.13. The minimum atomic E-state index is -0.313. The SMILES string of the molecule is Cc1ccc(N2CC(C(=O)NCCc3[nH]cnc3-c3cccs3)CC2=O)cc1. The summed E-state index contributed by atoms with van der Waals surface area (Å²) in [5, 5.41) is 5.00. The van der Waals surface area contributed by atoms with Crippen LogP contribution in [0.25, 0.3) is 10.6 Å². The number of aryl methyl sites for hydroxylation is 1. The molecule has 1 aliphatic rings. The number of carbonyl (C=O) groups excluding carboxylic acids is 2. The molecule has 1 unspecified atom stereocenters. The molecule has 1 saturated heterocycles. The van der Waals surface area contributed by atoms with Crippen LogP contribution in [0, 0.1) is 12.8 Å². The van der Waals surface area contributed by atoms with Gasteiger partial charge in [-0.25, -0.2) is 4.98 Å². The molecule has 1 fully saturated rings. The molecule has 2 N–H and O–H groups in total. The van der Waals surface area contributed by atoms with Crippen LogP contribution < -0.4 is 10.2 Å². The highest BCUT2D eigenvalue weighted by Gasteiger charge is 2.34. The molecule has 144 valence electrons. The minimum absolute atomic E-state index is 0.00227. The van der Waals surface area contributed by atoms with Crippen molar-refractivity contribution in [3.63, 3.8) is 0 Å². The number of hydrogen-bond donors (Lipinski definition) is 2. The molecule has 0 saturated carbocycles. The minimum Gasteiger partial charge on any atom is -0.355 e. The van der Waals surface area contributed by atoms with Crippen molar-refractivity contribution in [2.75, 3.05) is 18.0 Å². The van der Waals surface area contributed by atoms with E-state index in [1.54, 1.807) is 22.6 Å². The number of thiophene rings is 1. The Morgan fingerprint density at radius 1 is 1.32 bits per heavy atom. The van der Waals surface area contributed by atoms with Crippen LogP contribution in [0.3, 0.4) is 0 Å². The smallest absolute Gasteiger partial charge is 0.227 e. The van der Waals surface area contributed by atoms with E-state index in [-0.39, 0.29) is 24.2 Å². The molecule has 6 nitrogen and oxygen atoms in total. The second-order valence-corrected chi connectivity index (χ2v) is 7.94. The number of imidazole rings is 1. The summed E-state index contributed by atoms with van der Waals surface area (Å²) >= 11 is 1.64. The molecule has 3 aromatic rings. The molecule has 4 rings (SSSR count). The first-order valence-electron chi connectivity index (χ1n) is 9.32. The quantitative estimate of drug-likeness (QED) is 0.674. The summed E-state index contributed by atoms with van der Waals surface area (Å²) < 4.78 is 0. The second-order valence-electron chi connectivity index (χ2n) is 6.99. The van der Waals surface area contributed by atoms with E-state index in [0.717, 1.165) is 27.5 Å². The number of anilines is 1. The molecule has 1 aliphatic heterocycles. The third-order valence-electron chi connectivity index (χ3n) is 4.99. The number of H-pyrrole nitrogens is 1. The Bertz CT molecular complexity index is 963. The van der Waals surface area contributed by atoms with Crippen molar-refractivity contribution in [3.8, 4) is 10.6 Å². The zero-order chi connectivity index (χ0) is 19.5. The van der Waals surface area contributed by atoms with Crippen LogP contribution in [-0.4, -0.2) is 34.9 Å². The molecule has 0 spiro atoms. The van der Waals surface area contributed by atoms with Crippen molar-refractivity contribution >= 4 is 28.8 Å². The number of carbonyl (C=O) groups is 2. The first-order valence-corrected chi connectivity index (χ1v) is 10.2. The number of aromatic nitrogens is 2. The van der Waals surface area contributed by atoms with Gasteiger partial charge in [0.2, 0.25) is 11.8 Å².